The molecule has 0 radical (unpaired) electrons. The van der Waals surface area contributed by atoms with Gasteiger partial charge in [-0.15, -0.1) is 11.8 Å². The van der Waals surface area contributed by atoms with Crippen molar-refractivity contribution in [3.05, 3.63) is 35.4 Å². The Morgan fingerprint density at radius 3 is 2.47 bits per heavy atom. The van der Waals surface area contributed by atoms with Crippen molar-refractivity contribution in [1.29, 1.82) is 0 Å². The topological polar surface area (TPSA) is 17.1 Å². The fraction of sp³-hybridized carbons (Fsp3) is 0.438. The van der Waals surface area contributed by atoms with Crippen LogP contribution in [-0.4, -0.2) is 5.78 Å². The quantitative estimate of drug-likeness (QED) is 0.565. The first kappa shape index (κ1) is 13.5. The van der Waals surface area contributed by atoms with Gasteiger partial charge in [-0.25, -0.2) is 0 Å². The van der Waals surface area contributed by atoms with Crippen LogP contribution < -0.4 is 0 Å². The molecule has 0 unspecified atom stereocenters. The standard InChI is InChI=1S/C16H20O/c1-5-6-7-12-15(17)13-10-8-9-11-14(13)16(2,3)4/h8-11H,7,12H2,1-4H3. The summed E-state index contributed by atoms with van der Waals surface area (Å²) in [7, 11) is 0. The summed E-state index contributed by atoms with van der Waals surface area (Å²) in [4.78, 5) is 12.1. The zero-order valence-corrected chi connectivity index (χ0v) is 11.1. The largest absolute Gasteiger partial charge is 0.294 e. The van der Waals surface area contributed by atoms with E-state index in [9.17, 15) is 4.79 Å². The molecule has 0 aliphatic heterocycles. The minimum absolute atomic E-state index is 0.00267. The Morgan fingerprint density at radius 2 is 1.88 bits per heavy atom. The van der Waals surface area contributed by atoms with E-state index < -0.39 is 0 Å². The van der Waals surface area contributed by atoms with Crippen molar-refractivity contribution >= 4 is 5.78 Å². The Hall–Kier alpha value is -1.55. The Balaban J connectivity index is 2.96. The molecule has 1 nitrogen and oxygen atoms in total. The SMILES string of the molecule is CC#CCCC(=O)c1ccccc1C(C)(C)C. The summed E-state index contributed by atoms with van der Waals surface area (Å²) in [6.07, 6.45) is 1.15. The second-order valence-corrected chi connectivity index (χ2v) is 5.15. The molecule has 0 amide bonds. The fourth-order valence-corrected chi connectivity index (χ4v) is 1.82. The average Bonchev–Trinajstić information content (AvgIpc) is 2.28. The van der Waals surface area contributed by atoms with Crippen molar-refractivity contribution in [3.63, 3.8) is 0 Å². The lowest BCUT2D eigenvalue weighted by Crippen LogP contribution is -2.16. The highest BCUT2D eigenvalue weighted by Gasteiger charge is 2.20. The molecule has 1 aromatic carbocycles. The van der Waals surface area contributed by atoms with Crippen molar-refractivity contribution in [2.75, 3.05) is 0 Å². The second-order valence-electron chi connectivity index (χ2n) is 5.15. The highest BCUT2D eigenvalue weighted by Crippen LogP contribution is 2.26. The number of hydrogen-bond donors (Lipinski definition) is 0. The third-order valence-corrected chi connectivity index (χ3v) is 2.69. The number of hydrogen-bond acceptors (Lipinski definition) is 1. The van der Waals surface area contributed by atoms with Gasteiger partial charge in [-0.1, -0.05) is 45.0 Å². The lowest BCUT2D eigenvalue weighted by atomic mass is 9.82. The van der Waals surface area contributed by atoms with Gasteiger partial charge < -0.3 is 0 Å². The number of benzene rings is 1. The van der Waals surface area contributed by atoms with Crippen molar-refractivity contribution in [3.8, 4) is 11.8 Å². The first-order chi connectivity index (χ1) is 7.96. The molecular formula is C16H20O. The molecule has 0 fully saturated rings. The molecule has 1 heteroatoms. The van der Waals surface area contributed by atoms with Crippen LogP contribution in [0.4, 0.5) is 0 Å². The van der Waals surface area contributed by atoms with Crippen molar-refractivity contribution in [2.45, 2.75) is 46.0 Å². The molecule has 0 spiro atoms. The van der Waals surface area contributed by atoms with E-state index in [2.05, 4.69) is 32.6 Å². The monoisotopic (exact) mass is 228 g/mol. The summed E-state index contributed by atoms with van der Waals surface area (Å²) >= 11 is 0. The molecule has 0 atom stereocenters. The van der Waals surface area contributed by atoms with Crippen molar-refractivity contribution < 1.29 is 4.79 Å². The Bertz CT molecular complexity index is 452. The highest BCUT2D eigenvalue weighted by atomic mass is 16.1. The van der Waals surface area contributed by atoms with Crippen molar-refractivity contribution in [2.24, 2.45) is 0 Å². The van der Waals surface area contributed by atoms with E-state index in [0.717, 1.165) is 11.1 Å². The van der Waals surface area contributed by atoms with Gasteiger partial charge in [0.25, 0.3) is 0 Å². The fourth-order valence-electron chi connectivity index (χ4n) is 1.82. The van der Waals surface area contributed by atoms with Crippen molar-refractivity contribution in [1.82, 2.24) is 0 Å². The van der Waals surface area contributed by atoms with Gasteiger partial charge in [0, 0.05) is 18.4 Å². The van der Waals surface area contributed by atoms with E-state index >= 15 is 0 Å². The minimum Gasteiger partial charge on any atom is -0.294 e. The summed E-state index contributed by atoms with van der Waals surface area (Å²) in [6.45, 7) is 8.19. The average molecular weight is 228 g/mol. The van der Waals surface area contributed by atoms with E-state index in [1.165, 1.54) is 0 Å². The molecule has 0 aliphatic carbocycles. The molecule has 17 heavy (non-hydrogen) atoms. The second kappa shape index (κ2) is 5.68. The van der Waals surface area contributed by atoms with Gasteiger partial charge in [0.05, 0.1) is 0 Å². The first-order valence-corrected chi connectivity index (χ1v) is 5.99. The molecule has 0 saturated heterocycles. The Labute approximate surface area is 104 Å². The summed E-state index contributed by atoms with van der Waals surface area (Å²) in [6, 6.07) is 7.87. The van der Waals surface area contributed by atoms with Gasteiger partial charge >= 0.3 is 0 Å². The predicted molar refractivity (Wildman–Crippen MR) is 72.2 cm³/mol. The number of Topliss-reactive ketones (excluding diaryl/α,β-unsaturated/α-hetero) is 1. The third-order valence-electron chi connectivity index (χ3n) is 2.69. The van der Waals surface area contributed by atoms with Crippen LogP contribution in [0.5, 0.6) is 0 Å². The van der Waals surface area contributed by atoms with Crippen LogP contribution in [0.1, 0.15) is 56.5 Å². The number of carbonyl (C=O) groups is 1. The lowest BCUT2D eigenvalue weighted by Gasteiger charge is -2.22. The molecular weight excluding hydrogens is 208 g/mol. The van der Waals surface area contributed by atoms with E-state index in [1.54, 1.807) is 6.92 Å². The normalized spacial score (nSPS) is 10.6. The predicted octanol–water partition coefficient (Wildman–Crippen LogP) is 3.97. The maximum Gasteiger partial charge on any atom is 0.164 e. The molecule has 0 aromatic heterocycles. The van der Waals surface area contributed by atoms with E-state index in [-0.39, 0.29) is 11.2 Å². The molecule has 90 valence electrons. The van der Waals surface area contributed by atoms with E-state index in [0.29, 0.717) is 12.8 Å². The van der Waals surface area contributed by atoms with Crippen LogP contribution in [0.2, 0.25) is 0 Å². The van der Waals surface area contributed by atoms with Crippen LogP contribution in [0.3, 0.4) is 0 Å². The highest BCUT2D eigenvalue weighted by molar-refractivity contribution is 5.97. The molecule has 1 aromatic rings. The van der Waals surface area contributed by atoms with Crippen LogP contribution in [0.25, 0.3) is 0 Å². The maximum atomic E-state index is 12.1. The number of rotatable bonds is 3. The van der Waals surface area contributed by atoms with Crippen LogP contribution in [-0.2, 0) is 5.41 Å². The smallest absolute Gasteiger partial charge is 0.164 e. The Kier molecular flexibility index (Phi) is 4.52. The first-order valence-electron chi connectivity index (χ1n) is 5.99. The molecule has 0 heterocycles. The summed E-state index contributed by atoms with van der Waals surface area (Å²) < 4.78 is 0. The van der Waals surface area contributed by atoms with Crippen LogP contribution in [0, 0.1) is 11.8 Å². The lowest BCUT2D eigenvalue weighted by molar-refractivity contribution is 0.0982. The van der Waals surface area contributed by atoms with Gasteiger partial charge in [0.15, 0.2) is 5.78 Å². The van der Waals surface area contributed by atoms with Gasteiger partial charge in [-0.05, 0) is 17.9 Å². The number of carbonyl (C=O) groups excluding carboxylic acids is 1. The van der Waals surface area contributed by atoms with Crippen LogP contribution in [0.15, 0.2) is 24.3 Å². The molecule has 1 rings (SSSR count). The minimum atomic E-state index is 0.00267. The zero-order valence-electron chi connectivity index (χ0n) is 11.1. The number of ketones is 1. The van der Waals surface area contributed by atoms with Crippen LogP contribution >= 0.6 is 0 Å². The van der Waals surface area contributed by atoms with Gasteiger partial charge in [-0.2, -0.15) is 0 Å². The zero-order chi connectivity index (χ0) is 12.9. The summed E-state index contributed by atoms with van der Waals surface area (Å²) in [5, 5.41) is 0. The van der Waals surface area contributed by atoms with Gasteiger partial charge in [0.1, 0.15) is 0 Å². The van der Waals surface area contributed by atoms with E-state index in [1.807, 2.05) is 24.3 Å². The Morgan fingerprint density at radius 1 is 1.24 bits per heavy atom. The summed E-state index contributed by atoms with van der Waals surface area (Å²) in [5.41, 5.74) is 1.97. The maximum absolute atomic E-state index is 12.1. The van der Waals surface area contributed by atoms with Gasteiger partial charge in [0.2, 0.25) is 0 Å². The molecule has 0 N–H and O–H groups in total. The third kappa shape index (κ3) is 3.75. The summed E-state index contributed by atoms with van der Waals surface area (Å²) in [5.74, 6) is 5.95. The van der Waals surface area contributed by atoms with E-state index in [4.69, 9.17) is 0 Å². The molecule has 0 saturated carbocycles. The molecule has 0 bridgehead atoms. The van der Waals surface area contributed by atoms with Gasteiger partial charge in [-0.3, -0.25) is 4.79 Å². The molecule has 0 aliphatic rings.